The van der Waals surface area contributed by atoms with Gasteiger partial charge in [-0.3, -0.25) is 4.79 Å². The predicted octanol–water partition coefficient (Wildman–Crippen LogP) is 0.834. The van der Waals surface area contributed by atoms with Crippen LogP contribution in [0.4, 0.5) is 11.6 Å². The summed E-state index contributed by atoms with van der Waals surface area (Å²) < 4.78 is 6.18. The van der Waals surface area contributed by atoms with E-state index in [1.54, 1.807) is 24.3 Å². The van der Waals surface area contributed by atoms with Crippen molar-refractivity contribution < 1.29 is 14.5 Å². The van der Waals surface area contributed by atoms with Crippen molar-refractivity contribution >= 4 is 17.5 Å². The van der Waals surface area contributed by atoms with Crippen molar-refractivity contribution in [3.05, 3.63) is 40.7 Å². The standard InChI is InChI=1S/C11H11N5O4/c1-20-9-5-3-2-4-8(9)13-10(17)6-15-7-12-11(14-15)16(18)19/h2-5,7H,6H2,1H3,(H,13,17). The Kier molecular flexibility index (Phi) is 3.89. The highest BCUT2D eigenvalue weighted by molar-refractivity contribution is 5.92. The summed E-state index contributed by atoms with van der Waals surface area (Å²) in [4.78, 5) is 25.0. The van der Waals surface area contributed by atoms with Crippen LogP contribution in [-0.2, 0) is 11.3 Å². The number of amides is 1. The van der Waals surface area contributed by atoms with Crippen LogP contribution in [0.2, 0.25) is 0 Å². The van der Waals surface area contributed by atoms with Gasteiger partial charge in [0.2, 0.25) is 12.2 Å². The van der Waals surface area contributed by atoms with Crippen LogP contribution in [0, 0.1) is 10.1 Å². The van der Waals surface area contributed by atoms with Crippen molar-refractivity contribution in [2.75, 3.05) is 12.4 Å². The average molecular weight is 277 g/mol. The molecule has 1 N–H and O–H groups in total. The Bertz CT molecular complexity index is 639. The second kappa shape index (κ2) is 5.78. The lowest BCUT2D eigenvalue weighted by atomic mass is 10.3. The minimum absolute atomic E-state index is 0.182. The van der Waals surface area contributed by atoms with E-state index in [4.69, 9.17) is 4.74 Å². The number of nitrogens with zero attached hydrogens (tertiary/aromatic N) is 4. The molecule has 0 bridgehead atoms. The van der Waals surface area contributed by atoms with Crippen molar-refractivity contribution in [2.24, 2.45) is 0 Å². The van der Waals surface area contributed by atoms with E-state index in [1.807, 2.05) is 0 Å². The van der Waals surface area contributed by atoms with E-state index < -0.39 is 16.8 Å². The Morgan fingerprint density at radius 3 is 2.90 bits per heavy atom. The van der Waals surface area contributed by atoms with Crippen molar-refractivity contribution in [1.29, 1.82) is 0 Å². The van der Waals surface area contributed by atoms with Crippen LogP contribution >= 0.6 is 0 Å². The van der Waals surface area contributed by atoms with Crippen LogP contribution in [0.3, 0.4) is 0 Å². The number of nitro groups is 1. The number of rotatable bonds is 5. The molecular formula is C11H11N5O4. The average Bonchev–Trinajstić information content (AvgIpc) is 2.88. The Morgan fingerprint density at radius 2 is 2.25 bits per heavy atom. The predicted molar refractivity (Wildman–Crippen MR) is 68.3 cm³/mol. The number of hydrogen-bond acceptors (Lipinski definition) is 6. The molecule has 104 valence electrons. The minimum atomic E-state index is -0.728. The fourth-order valence-electron chi connectivity index (χ4n) is 1.53. The van der Waals surface area contributed by atoms with Crippen molar-refractivity contribution in [3.8, 4) is 5.75 Å². The summed E-state index contributed by atoms with van der Waals surface area (Å²) in [6.45, 7) is -0.182. The number of para-hydroxylation sites is 2. The lowest BCUT2D eigenvalue weighted by Gasteiger charge is -2.08. The van der Waals surface area contributed by atoms with Crippen molar-refractivity contribution in [2.45, 2.75) is 6.54 Å². The Hall–Kier alpha value is -2.97. The van der Waals surface area contributed by atoms with Crippen LogP contribution < -0.4 is 10.1 Å². The molecule has 0 saturated heterocycles. The summed E-state index contributed by atoms with van der Waals surface area (Å²) in [7, 11) is 1.49. The molecule has 1 aromatic heterocycles. The topological polar surface area (TPSA) is 112 Å². The van der Waals surface area contributed by atoms with Gasteiger partial charge in [-0.2, -0.15) is 4.68 Å². The number of carbonyl (C=O) groups is 1. The molecule has 9 heteroatoms. The summed E-state index contributed by atoms with van der Waals surface area (Å²) in [6, 6.07) is 6.91. The molecule has 2 aromatic rings. The molecular weight excluding hydrogens is 266 g/mol. The van der Waals surface area contributed by atoms with Gasteiger partial charge in [-0.15, -0.1) is 0 Å². The fourth-order valence-corrected chi connectivity index (χ4v) is 1.53. The van der Waals surface area contributed by atoms with E-state index in [-0.39, 0.29) is 6.54 Å². The normalized spacial score (nSPS) is 10.1. The molecule has 0 spiro atoms. The number of carbonyl (C=O) groups excluding carboxylic acids is 1. The quantitative estimate of drug-likeness (QED) is 0.640. The summed E-state index contributed by atoms with van der Waals surface area (Å²) in [5.74, 6) is -0.421. The van der Waals surface area contributed by atoms with Gasteiger partial charge in [-0.05, 0) is 17.1 Å². The molecule has 0 aliphatic heterocycles. The van der Waals surface area contributed by atoms with Gasteiger partial charge < -0.3 is 20.2 Å². The number of ether oxygens (including phenoxy) is 1. The molecule has 0 atom stereocenters. The summed E-state index contributed by atoms with van der Waals surface area (Å²) >= 11 is 0. The number of anilines is 1. The van der Waals surface area contributed by atoms with Gasteiger partial charge >= 0.3 is 5.95 Å². The molecule has 2 rings (SSSR count). The lowest BCUT2D eigenvalue weighted by Crippen LogP contribution is -2.19. The minimum Gasteiger partial charge on any atom is -0.495 e. The third kappa shape index (κ3) is 3.07. The van der Waals surface area contributed by atoms with Crippen LogP contribution in [0.1, 0.15) is 0 Å². The first-order valence-corrected chi connectivity index (χ1v) is 5.57. The van der Waals surface area contributed by atoms with E-state index in [2.05, 4.69) is 15.4 Å². The van der Waals surface area contributed by atoms with Gasteiger partial charge in [-0.25, -0.2) is 0 Å². The maximum Gasteiger partial charge on any atom is 0.490 e. The lowest BCUT2D eigenvalue weighted by molar-refractivity contribution is -0.394. The van der Waals surface area contributed by atoms with Crippen LogP contribution in [0.25, 0.3) is 0 Å². The van der Waals surface area contributed by atoms with E-state index in [1.165, 1.54) is 7.11 Å². The maximum atomic E-state index is 11.8. The highest BCUT2D eigenvalue weighted by Crippen LogP contribution is 2.22. The molecule has 0 saturated carbocycles. The Labute approximate surface area is 113 Å². The van der Waals surface area contributed by atoms with Gasteiger partial charge in [-0.1, -0.05) is 17.1 Å². The zero-order chi connectivity index (χ0) is 14.5. The molecule has 0 radical (unpaired) electrons. The fraction of sp³-hybridized carbons (Fsp3) is 0.182. The number of methoxy groups -OCH3 is 1. The van der Waals surface area contributed by atoms with Gasteiger partial charge in [0.15, 0.2) is 0 Å². The van der Waals surface area contributed by atoms with Gasteiger partial charge in [0, 0.05) is 5.10 Å². The van der Waals surface area contributed by atoms with Crippen LogP contribution in [-0.4, -0.2) is 32.7 Å². The van der Waals surface area contributed by atoms with E-state index in [0.717, 1.165) is 11.0 Å². The van der Waals surface area contributed by atoms with Gasteiger partial charge in [0.1, 0.15) is 12.3 Å². The largest absolute Gasteiger partial charge is 0.495 e. The SMILES string of the molecule is COc1ccccc1NC(=O)Cn1cnc([N+](=O)[O-])n1. The number of benzene rings is 1. The van der Waals surface area contributed by atoms with Crippen LogP contribution in [0.15, 0.2) is 30.6 Å². The monoisotopic (exact) mass is 277 g/mol. The third-order valence-electron chi connectivity index (χ3n) is 2.37. The zero-order valence-electron chi connectivity index (χ0n) is 10.5. The van der Waals surface area contributed by atoms with Gasteiger partial charge in [0.05, 0.1) is 12.8 Å². The smallest absolute Gasteiger partial charge is 0.490 e. The molecule has 0 unspecified atom stereocenters. The number of nitrogens with one attached hydrogen (secondary N) is 1. The van der Waals surface area contributed by atoms with Crippen molar-refractivity contribution in [3.63, 3.8) is 0 Å². The molecule has 1 heterocycles. The molecule has 1 amide bonds. The molecule has 20 heavy (non-hydrogen) atoms. The molecule has 0 aliphatic carbocycles. The van der Waals surface area contributed by atoms with E-state index >= 15 is 0 Å². The van der Waals surface area contributed by atoms with E-state index in [0.29, 0.717) is 11.4 Å². The molecule has 0 fully saturated rings. The first kappa shape index (κ1) is 13.5. The summed E-state index contributed by atoms with van der Waals surface area (Å²) in [5.41, 5.74) is 0.509. The second-order valence-corrected chi connectivity index (χ2v) is 3.75. The highest BCUT2D eigenvalue weighted by atomic mass is 16.6. The Balaban J connectivity index is 2.03. The highest BCUT2D eigenvalue weighted by Gasteiger charge is 2.15. The van der Waals surface area contributed by atoms with Crippen molar-refractivity contribution in [1.82, 2.24) is 14.8 Å². The van der Waals surface area contributed by atoms with E-state index in [9.17, 15) is 14.9 Å². The first-order chi connectivity index (χ1) is 9.60. The third-order valence-corrected chi connectivity index (χ3v) is 2.37. The summed E-state index contributed by atoms with van der Waals surface area (Å²) in [5, 5.41) is 16.6. The Morgan fingerprint density at radius 1 is 1.50 bits per heavy atom. The second-order valence-electron chi connectivity index (χ2n) is 3.75. The number of hydrogen-bond donors (Lipinski definition) is 1. The molecule has 1 aromatic carbocycles. The van der Waals surface area contributed by atoms with Crippen LogP contribution in [0.5, 0.6) is 5.75 Å². The summed E-state index contributed by atoms with van der Waals surface area (Å²) in [6.07, 6.45) is 1.12. The zero-order valence-corrected chi connectivity index (χ0v) is 10.5. The first-order valence-electron chi connectivity index (χ1n) is 5.57. The van der Waals surface area contributed by atoms with Gasteiger partial charge in [0.25, 0.3) is 0 Å². The maximum absolute atomic E-state index is 11.8. The molecule has 0 aliphatic rings. The number of aromatic nitrogens is 3. The molecule has 9 nitrogen and oxygen atoms in total.